The molecule has 0 radical (unpaired) electrons. The Morgan fingerprint density at radius 2 is 0.718 bits per heavy atom. The van der Waals surface area contributed by atoms with E-state index in [1.165, 1.54) is 283 Å². The molecule has 0 fully saturated rings. The highest BCUT2D eigenvalue weighted by atomic mass is 31.2. The molecule has 1 amide bonds. The number of nitrogens with zero attached hydrogens (tertiary/aromatic N) is 1. The molecule has 0 aliphatic heterocycles. The van der Waals surface area contributed by atoms with Gasteiger partial charge in [0.25, 0.3) is 7.82 Å². The Labute approximate surface area is 529 Å². The third kappa shape index (κ3) is 66.5. The molecule has 3 atom stereocenters. The maximum Gasteiger partial charge on any atom is 0.306 e. The van der Waals surface area contributed by atoms with Crippen molar-refractivity contribution in [3.8, 4) is 0 Å². The number of hydrogen-bond acceptors (Lipinski definition) is 7. The lowest BCUT2D eigenvalue weighted by molar-refractivity contribution is -0.870. The van der Waals surface area contributed by atoms with Crippen LogP contribution in [0.2, 0.25) is 0 Å². The van der Waals surface area contributed by atoms with E-state index in [1.807, 2.05) is 33.3 Å². The van der Waals surface area contributed by atoms with Crippen molar-refractivity contribution in [2.24, 2.45) is 0 Å². The van der Waals surface area contributed by atoms with Gasteiger partial charge in [-0.05, 0) is 63.9 Å². The summed E-state index contributed by atoms with van der Waals surface area (Å²) in [5.74, 6) is -0.521. The van der Waals surface area contributed by atoms with Crippen molar-refractivity contribution in [1.29, 1.82) is 0 Å². The largest absolute Gasteiger partial charge is 0.756 e. The summed E-state index contributed by atoms with van der Waals surface area (Å²) in [4.78, 5) is 40.3. The normalized spacial score (nSPS) is 13.6. The minimum Gasteiger partial charge on any atom is -0.756 e. The van der Waals surface area contributed by atoms with Gasteiger partial charge in [0.15, 0.2) is 0 Å². The SMILES string of the molecule is CCCCC/C=C\C/C=C\CCCCCCCCCCCCCC(=O)NC(COP(=O)([O-])OCC[N+](C)(C)C)C(/C=C/CCCCCCCCCCCCC)OC(=O)CCCCCCCCCCCCCCCCCCCCCCCCCCC. The number of unbranched alkanes of at least 4 members (excludes halogenated alkanes) is 49. The summed E-state index contributed by atoms with van der Waals surface area (Å²) in [5.41, 5.74) is 0. The van der Waals surface area contributed by atoms with Crippen LogP contribution in [0.4, 0.5) is 0 Å². The number of amides is 1. The Balaban J connectivity index is 5.02. The number of nitrogens with one attached hydrogen (secondary N) is 1. The Kier molecular flexibility index (Phi) is 63.8. The third-order valence-electron chi connectivity index (χ3n) is 17.1. The summed E-state index contributed by atoms with van der Waals surface area (Å²) in [7, 11) is 1.20. The molecule has 0 heterocycles. The van der Waals surface area contributed by atoms with Gasteiger partial charge in [0, 0.05) is 12.8 Å². The van der Waals surface area contributed by atoms with Crippen molar-refractivity contribution < 1.29 is 37.3 Å². The number of carbonyl (C=O) groups is 2. The molecular formula is C75H145N2O7P. The number of ether oxygens (including phenoxy) is 1. The maximum absolute atomic E-state index is 13.6. The minimum atomic E-state index is -4.70. The van der Waals surface area contributed by atoms with E-state index >= 15 is 0 Å². The molecule has 0 rings (SSSR count). The second-order valence-electron chi connectivity index (χ2n) is 26.8. The van der Waals surface area contributed by atoms with E-state index in [0.717, 1.165) is 64.2 Å². The zero-order valence-electron chi connectivity index (χ0n) is 57.6. The maximum atomic E-state index is 13.6. The van der Waals surface area contributed by atoms with E-state index in [-0.39, 0.29) is 31.5 Å². The van der Waals surface area contributed by atoms with E-state index in [2.05, 4.69) is 50.4 Å². The van der Waals surface area contributed by atoms with Crippen molar-refractivity contribution in [3.63, 3.8) is 0 Å². The van der Waals surface area contributed by atoms with Gasteiger partial charge in [-0.1, -0.05) is 340 Å². The molecule has 9 nitrogen and oxygen atoms in total. The fourth-order valence-corrected chi connectivity index (χ4v) is 12.0. The second kappa shape index (κ2) is 65.2. The zero-order valence-corrected chi connectivity index (χ0v) is 58.5. The third-order valence-corrected chi connectivity index (χ3v) is 18.0. The highest BCUT2D eigenvalue weighted by Crippen LogP contribution is 2.38. The molecule has 3 unspecified atom stereocenters. The van der Waals surface area contributed by atoms with E-state index in [4.69, 9.17) is 13.8 Å². The summed E-state index contributed by atoms with van der Waals surface area (Å²) in [6.07, 6.45) is 81.3. The first kappa shape index (κ1) is 83.2. The second-order valence-corrected chi connectivity index (χ2v) is 28.2. The molecule has 0 saturated heterocycles. The molecule has 10 heteroatoms. The van der Waals surface area contributed by atoms with Crippen LogP contribution >= 0.6 is 7.82 Å². The summed E-state index contributed by atoms with van der Waals surface area (Å²) in [6.45, 7) is 6.89. The number of carbonyl (C=O) groups excluding carboxylic acids is 2. The summed E-state index contributed by atoms with van der Waals surface area (Å²) < 4.78 is 30.5. The first-order valence-corrected chi connectivity index (χ1v) is 38.8. The molecule has 0 saturated carbocycles. The number of quaternary nitrogens is 1. The van der Waals surface area contributed by atoms with Gasteiger partial charge in [-0.15, -0.1) is 0 Å². The lowest BCUT2D eigenvalue weighted by Crippen LogP contribution is -2.47. The average Bonchev–Trinajstić information content (AvgIpc) is 3.50. The number of likely N-dealkylation sites (N-methyl/N-ethyl adjacent to an activating group) is 1. The Bertz CT molecular complexity index is 1550. The first-order chi connectivity index (χ1) is 41.4. The lowest BCUT2D eigenvalue weighted by atomic mass is 10.0. The van der Waals surface area contributed by atoms with Crippen molar-refractivity contribution >= 4 is 19.7 Å². The number of phosphoric acid groups is 1. The number of allylic oxidation sites excluding steroid dienone is 5. The highest BCUT2D eigenvalue weighted by molar-refractivity contribution is 7.45. The molecular weight excluding hydrogens is 1070 g/mol. The quantitative estimate of drug-likeness (QED) is 0.0212. The molecule has 0 bridgehead atoms. The zero-order chi connectivity index (χ0) is 62.1. The first-order valence-electron chi connectivity index (χ1n) is 37.3. The predicted octanol–water partition coefficient (Wildman–Crippen LogP) is 23.2. The number of esters is 1. The Hall–Kier alpha value is -1.77. The minimum absolute atomic E-state index is 0.0197. The van der Waals surface area contributed by atoms with Crippen LogP contribution in [0.3, 0.4) is 0 Å². The average molecular weight is 1220 g/mol. The Morgan fingerprint density at radius 3 is 1.08 bits per heavy atom. The van der Waals surface area contributed by atoms with Crippen LogP contribution in [-0.2, 0) is 27.9 Å². The summed E-state index contributed by atoms with van der Waals surface area (Å²) in [6, 6.07) is -0.887. The molecule has 502 valence electrons. The van der Waals surface area contributed by atoms with Gasteiger partial charge >= 0.3 is 5.97 Å². The van der Waals surface area contributed by atoms with Crippen molar-refractivity contribution in [2.75, 3.05) is 40.9 Å². The van der Waals surface area contributed by atoms with Gasteiger partial charge in [-0.2, -0.15) is 0 Å². The van der Waals surface area contributed by atoms with Crippen LogP contribution in [0.5, 0.6) is 0 Å². The van der Waals surface area contributed by atoms with Crippen LogP contribution in [0.1, 0.15) is 380 Å². The van der Waals surface area contributed by atoms with Gasteiger partial charge in [0.05, 0.1) is 33.8 Å². The molecule has 0 aliphatic rings. The monoisotopic (exact) mass is 1220 g/mol. The number of phosphoric ester groups is 1. The molecule has 0 aromatic carbocycles. The summed E-state index contributed by atoms with van der Waals surface area (Å²) in [5, 5.41) is 3.05. The predicted molar refractivity (Wildman–Crippen MR) is 367 cm³/mol. The standard InChI is InChI=1S/C75H145N2O7P/c1-7-10-13-16-19-22-25-28-30-32-34-36-37-38-39-41-43-45-47-50-53-56-59-62-65-68-75(79)84-73(66-63-60-57-54-51-48-27-24-21-18-15-12-9-3)72(71-83-85(80,81)82-70-69-77(4,5)6)76-74(78)67-64-61-58-55-52-49-46-44-42-40-35-33-31-29-26-23-20-17-14-11-8-2/h20,23,29,31,63,66,72-73H,7-19,21-22,24-28,30,32-62,64-65,67-71H2,1-6H3,(H-,76,78,80,81)/b23-20-,31-29-,66-63+. The van der Waals surface area contributed by atoms with Crippen LogP contribution in [0, 0.1) is 0 Å². The van der Waals surface area contributed by atoms with Crippen LogP contribution in [0.25, 0.3) is 0 Å². The van der Waals surface area contributed by atoms with Crippen LogP contribution in [0.15, 0.2) is 36.5 Å². The molecule has 0 aromatic heterocycles. The van der Waals surface area contributed by atoms with Crippen LogP contribution in [-0.4, -0.2) is 69.4 Å². The highest BCUT2D eigenvalue weighted by Gasteiger charge is 2.27. The van der Waals surface area contributed by atoms with Gasteiger partial charge in [-0.25, -0.2) is 0 Å². The lowest BCUT2D eigenvalue weighted by Gasteiger charge is -2.30. The van der Waals surface area contributed by atoms with Crippen LogP contribution < -0.4 is 10.2 Å². The van der Waals surface area contributed by atoms with E-state index < -0.39 is 20.0 Å². The molecule has 1 N–H and O–H groups in total. The number of hydrogen-bond donors (Lipinski definition) is 1. The number of rotatable bonds is 69. The van der Waals surface area contributed by atoms with E-state index in [1.54, 1.807) is 0 Å². The molecule has 0 spiro atoms. The van der Waals surface area contributed by atoms with Gasteiger partial charge in [0.2, 0.25) is 5.91 Å². The van der Waals surface area contributed by atoms with Crippen molar-refractivity contribution in [1.82, 2.24) is 5.32 Å². The molecule has 0 aliphatic carbocycles. The fraction of sp³-hybridized carbons (Fsp3) is 0.893. The fourth-order valence-electron chi connectivity index (χ4n) is 11.3. The van der Waals surface area contributed by atoms with Gasteiger partial charge in [-0.3, -0.25) is 14.2 Å². The summed E-state index contributed by atoms with van der Waals surface area (Å²) >= 11 is 0. The molecule has 0 aromatic rings. The smallest absolute Gasteiger partial charge is 0.306 e. The molecule has 85 heavy (non-hydrogen) atoms. The van der Waals surface area contributed by atoms with Crippen molar-refractivity contribution in [3.05, 3.63) is 36.5 Å². The van der Waals surface area contributed by atoms with E-state index in [9.17, 15) is 19.0 Å². The van der Waals surface area contributed by atoms with E-state index in [0.29, 0.717) is 17.4 Å². The van der Waals surface area contributed by atoms with Gasteiger partial charge < -0.3 is 28.5 Å². The van der Waals surface area contributed by atoms with Crippen molar-refractivity contribution in [2.45, 2.75) is 392 Å². The topological polar surface area (TPSA) is 114 Å². The van der Waals surface area contributed by atoms with Gasteiger partial charge in [0.1, 0.15) is 19.3 Å². The Morgan fingerprint density at radius 1 is 0.412 bits per heavy atom.